The molecule has 1 unspecified atom stereocenters. The molecule has 1 aliphatic heterocycles. The van der Waals surface area contributed by atoms with Crippen molar-refractivity contribution in [3.8, 4) is 0 Å². The van der Waals surface area contributed by atoms with Gasteiger partial charge in [0, 0.05) is 24.2 Å². The molecule has 1 aliphatic rings. The van der Waals surface area contributed by atoms with Crippen molar-refractivity contribution in [1.29, 1.82) is 0 Å². The molecule has 1 fully saturated rings. The number of nitrogens with two attached hydrogens (primary N) is 2. The Hall–Kier alpha value is -1.16. The zero-order chi connectivity index (χ0) is 12.3. The van der Waals surface area contributed by atoms with Gasteiger partial charge in [0.25, 0.3) is 0 Å². The monoisotopic (exact) mass is 225 g/mol. The number of likely N-dealkylation sites (tertiary alicyclic amines) is 1. The molecule has 0 aromatic rings. The lowest BCUT2D eigenvalue weighted by Crippen LogP contribution is -2.26. The molecule has 1 atom stereocenters. The first kappa shape index (κ1) is 12.9. The highest BCUT2D eigenvalue weighted by molar-refractivity contribution is 5.18. The molecule has 92 valence electrons. The summed E-state index contributed by atoms with van der Waals surface area (Å²) in [6.07, 6.45) is 4.20. The zero-order valence-corrected chi connectivity index (χ0v) is 10.4. The van der Waals surface area contributed by atoms with Gasteiger partial charge in [-0.3, -0.25) is 0 Å². The number of hydrogen-bond donors (Lipinski definition) is 3. The summed E-state index contributed by atoms with van der Waals surface area (Å²) in [6.45, 7) is 7.60. The molecule has 0 saturated carbocycles. The van der Waals surface area contributed by atoms with Gasteiger partial charge in [-0.25, -0.2) is 0 Å². The second kappa shape index (κ2) is 4.78. The molecule has 0 spiro atoms. The van der Waals surface area contributed by atoms with Gasteiger partial charge in [-0.15, -0.1) is 0 Å². The lowest BCUT2D eigenvalue weighted by molar-refractivity contribution is 0.183. The Morgan fingerprint density at radius 3 is 2.38 bits per heavy atom. The highest BCUT2D eigenvalue weighted by Crippen LogP contribution is 2.20. The van der Waals surface area contributed by atoms with Crippen molar-refractivity contribution < 1.29 is 5.11 Å². The smallest absolute Gasteiger partial charge is 0.0987 e. The van der Waals surface area contributed by atoms with Crippen LogP contribution in [0.4, 0.5) is 0 Å². The van der Waals surface area contributed by atoms with Crippen LogP contribution < -0.4 is 11.5 Å². The largest absolute Gasteiger partial charge is 0.402 e. The van der Waals surface area contributed by atoms with Crippen molar-refractivity contribution in [2.45, 2.75) is 33.3 Å². The van der Waals surface area contributed by atoms with E-state index in [4.69, 9.17) is 11.5 Å². The van der Waals surface area contributed by atoms with E-state index in [1.807, 2.05) is 17.1 Å². The number of allylic oxidation sites excluding steroid dienone is 3. The maximum atomic E-state index is 9.39. The van der Waals surface area contributed by atoms with E-state index in [1.54, 1.807) is 0 Å². The van der Waals surface area contributed by atoms with Crippen LogP contribution in [0.5, 0.6) is 0 Å². The summed E-state index contributed by atoms with van der Waals surface area (Å²) in [4.78, 5) is 1.97. The molecule has 0 amide bonds. The summed E-state index contributed by atoms with van der Waals surface area (Å²) >= 11 is 0. The lowest BCUT2D eigenvalue weighted by atomic mass is 9.92. The Balaban J connectivity index is 2.64. The molecule has 4 nitrogen and oxygen atoms in total. The van der Waals surface area contributed by atoms with E-state index in [-0.39, 0.29) is 11.5 Å². The quantitative estimate of drug-likeness (QED) is 0.606. The van der Waals surface area contributed by atoms with Crippen LogP contribution in [0.1, 0.15) is 27.2 Å². The summed E-state index contributed by atoms with van der Waals surface area (Å²) in [6, 6.07) is 0. The Labute approximate surface area is 97.6 Å². The lowest BCUT2D eigenvalue weighted by Gasteiger charge is -2.20. The first-order valence-corrected chi connectivity index (χ1v) is 5.67. The Morgan fingerprint density at radius 2 is 1.94 bits per heavy atom. The predicted molar refractivity (Wildman–Crippen MR) is 66.2 cm³/mol. The molecule has 0 aromatic carbocycles. The van der Waals surface area contributed by atoms with Crippen molar-refractivity contribution in [3.63, 3.8) is 0 Å². The van der Waals surface area contributed by atoms with Crippen LogP contribution >= 0.6 is 0 Å². The summed E-state index contributed by atoms with van der Waals surface area (Å²) in [5.74, 6) is 0.670. The topological polar surface area (TPSA) is 75.5 Å². The number of aliphatic hydroxyl groups is 1. The summed E-state index contributed by atoms with van der Waals surface area (Å²) in [7, 11) is 0. The third kappa shape index (κ3) is 3.45. The van der Waals surface area contributed by atoms with E-state index in [0.717, 1.165) is 18.7 Å². The zero-order valence-electron chi connectivity index (χ0n) is 10.4. The van der Waals surface area contributed by atoms with Crippen LogP contribution in [-0.4, -0.2) is 29.2 Å². The molecule has 0 aromatic heterocycles. The highest BCUT2D eigenvalue weighted by Gasteiger charge is 2.20. The van der Waals surface area contributed by atoms with Crippen LogP contribution in [0.3, 0.4) is 0 Å². The van der Waals surface area contributed by atoms with Crippen molar-refractivity contribution in [3.05, 3.63) is 23.7 Å². The highest BCUT2D eigenvalue weighted by atomic mass is 16.3. The van der Waals surface area contributed by atoms with E-state index in [2.05, 4.69) is 20.8 Å². The normalized spacial score (nSPS) is 24.0. The molecule has 1 saturated heterocycles. The summed E-state index contributed by atoms with van der Waals surface area (Å²) in [5.41, 5.74) is 12.6. The molecule has 0 bridgehead atoms. The molecule has 4 heteroatoms. The minimum atomic E-state index is -0.254. The molecule has 0 radical (unpaired) electrons. The average molecular weight is 225 g/mol. The molecular weight excluding hydrogens is 202 g/mol. The second-order valence-corrected chi connectivity index (χ2v) is 5.35. The number of β-amino-alcohol motifs (C(OH)–C–C–N with tert-alkyl or cyclic N) is 1. The van der Waals surface area contributed by atoms with Gasteiger partial charge in [0.2, 0.25) is 0 Å². The first-order valence-electron chi connectivity index (χ1n) is 5.67. The van der Waals surface area contributed by atoms with E-state index >= 15 is 0 Å². The van der Waals surface area contributed by atoms with Crippen molar-refractivity contribution in [2.24, 2.45) is 16.9 Å². The van der Waals surface area contributed by atoms with Gasteiger partial charge >= 0.3 is 0 Å². The molecular formula is C12H23N3O. The van der Waals surface area contributed by atoms with Crippen molar-refractivity contribution in [1.82, 2.24) is 4.90 Å². The third-order valence-corrected chi connectivity index (χ3v) is 2.83. The summed E-state index contributed by atoms with van der Waals surface area (Å²) < 4.78 is 0. The number of aliphatic hydroxyl groups excluding tert-OH is 1. The minimum absolute atomic E-state index is 0.0404. The van der Waals surface area contributed by atoms with Crippen molar-refractivity contribution in [2.75, 3.05) is 13.1 Å². The average Bonchev–Trinajstić information content (AvgIpc) is 2.59. The molecule has 0 aliphatic carbocycles. The van der Waals surface area contributed by atoms with Crippen LogP contribution in [0.15, 0.2) is 23.7 Å². The summed E-state index contributed by atoms with van der Waals surface area (Å²) in [5, 5.41) is 9.39. The van der Waals surface area contributed by atoms with Gasteiger partial charge in [-0.2, -0.15) is 0 Å². The number of nitrogens with zero attached hydrogens (tertiary/aromatic N) is 1. The van der Waals surface area contributed by atoms with E-state index in [0.29, 0.717) is 12.4 Å². The predicted octanol–water partition coefficient (Wildman–Crippen LogP) is 0.742. The van der Waals surface area contributed by atoms with E-state index in [1.165, 1.54) is 0 Å². The standard InChI is InChI=1S/C12H23N3O/c1-12(2,3)10(13)4-5-11(14)15-7-6-9(16)8-15/h4-5,9,16H,6-8,13-14H2,1-3H3/b10-4-,11-5+. The molecule has 1 heterocycles. The first-order chi connectivity index (χ1) is 7.30. The molecule has 1 rings (SSSR count). The second-order valence-electron chi connectivity index (χ2n) is 5.35. The Bertz CT molecular complexity index is 302. The SMILES string of the molecule is CC(C)(C)/C(N)=C/C=C(\N)N1CCC(O)C1. The fourth-order valence-electron chi connectivity index (χ4n) is 1.51. The van der Waals surface area contributed by atoms with Crippen LogP contribution in [0.2, 0.25) is 0 Å². The molecule has 5 N–H and O–H groups in total. The minimum Gasteiger partial charge on any atom is -0.402 e. The van der Waals surface area contributed by atoms with Gasteiger partial charge in [-0.1, -0.05) is 20.8 Å². The van der Waals surface area contributed by atoms with E-state index < -0.39 is 0 Å². The Morgan fingerprint density at radius 1 is 1.31 bits per heavy atom. The maximum absolute atomic E-state index is 9.39. The van der Waals surface area contributed by atoms with Gasteiger partial charge in [-0.05, 0) is 18.6 Å². The van der Waals surface area contributed by atoms with Crippen LogP contribution in [0, 0.1) is 5.41 Å². The maximum Gasteiger partial charge on any atom is 0.0987 e. The molecule has 16 heavy (non-hydrogen) atoms. The fraction of sp³-hybridized carbons (Fsp3) is 0.667. The van der Waals surface area contributed by atoms with Crippen LogP contribution in [0.25, 0.3) is 0 Å². The van der Waals surface area contributed by atoms with E-state index in [9.17, 15) is 5.11 Å². The third-order valence-electron chi connectivity index (χ3n) is 2.83. The van der Waals surface area contributed by atoms with Gasteiger partial charge < -0.3 is 21.5 Å². The van der Waals surface area contributed by atoms with Gasteiger partial charge in [0.1, 0.15) is 0 Å². The Kier molecular flexibility index (Phi) is 3.86. The van der Waals surface area contributed by atoms with Crippen LogP contribution in [-0.2, 0) is 0 Å². The van der Waals surface area contributed by atoms with Gasteiger partial charge in [0.15, 0.2) is 0 Å². The number of hydrogen-bond acceptors (Lipinski definition) is 4. The van der Waals surface area contributed by atoms with Gasteiger partial charge in [0.05, 0.1) is 11.9 Å². The number of rotatable bonds is 2. The van der Waals surface area contributed by atoms with Crippen molar-refractivity contribution >= 4 is 0 Å². The fourth-order valence-corrected chi connectivity index (χ4v) is 1.51.